The second-order valence-corrected chi connectivity index (χ2v) is 15.3. The van der Waals surface area contributed by atoms with Crippen LogP contribution in [0.25, 0.3) is 83.1 Å². The molecule has 0 N–H and O–H groups in total. The molecule has 0 unspecified atom stereocenters. The Morgan fingerprint density at radius 2 is 0.733 bits per heavy atom. The van der Waals surface area contributed by atoms with Gasteiger partial charge in [-0.1, -0.05) is 115 Å². The molecule has 0 aliphatic heterocycles. The largest absolute Gasteiger partial charge is 0.311 e. The summed E-state index contributed by atoms with van der Waals surface area (Å²) in [6.07, 6.45) is 0. The number of aromatic nitrogens is 4. The van der Waals surface area contributed by atoms with E-state index in [0.29, 0.717) is 0 Å². The van der Waals surface area contributed by atoms with Gasteiger partial charge in [0.1, 0.15) is 0 Å². The van der Waals surface area contributed by atoms with Gasteiger partial charge in [0.05, 0.1) is 33.1 Å². The lowest BCUT2D eigenvalue weighted by atomic mass is 10.0. The zero-order valence-electron chi connectivity index (χ0n) is 32.6. The molecule has 0 fully saturated rings. The highest BCUT2D eigenvalue weighted by Gasteiger charge is 2.21. The maximum Gasteiger partial charge on any atom is 0.220 e. The minimum atomic E-state index is 0.872. The van der Waals surface area contributed by atoms with Gasteiger partial charge in [0.2, 0.25) is 5.95 Å². The molecular formula is C55H37N5. The van der Waals surface area contributed by atoms with Crippen LogP contribution >= 0.6 is 0 Å². The highest BCUT2D eigenvalue weighted by Crippen LogP contribution is 2.40. The van der Waals surface area contributed by atoms with E-state index in [0.717, 1.165) is 56.5 Å². The van der Waals surface area contributed by atoms with E-state index >= 15 is 0 Å². The van der Waals surface area contributed by atoms with Crippen LogP contribution in [0.3, 0.4) is 0 Å². The number of hydrogen-bond donors (Lipinski definition) is 0. The van der Waals surface area contributed by atoms with Crippen molar-refractivity contribution >= 4 is 71.7 Å². The Labute approximate surface area is 346 Å². The Bertz CT molecular complexity index is 3490. The summed E-state index contributed by atoms with van der Waals surface area (Å²) in [5.41, 5.74) is 14.5. The van der Waals surface area contributed by atoms with Crippen molar-refractivity contribution < 1.29 is 0 Å². The summed E-state index contributed by atoms with van der Waals surface area (Å²) in [6.45, 7) is 0. The molecule has 3 heterocycles. The number of para-hydroxylation sites is 7. The number of imidazole rings is 1. The highest BCUT2D eigenvalue weighted by atomic mass is 15.2. The van der Waals surface area contributed by atoms with Gasteiger partial charge in [-0.3, -0.25) is 9.13 Å². The molecule has 0 radical (unpaired) electrons. The van der Waals surface area contributed by atoms with Gasteiger partial charge in [-0.15, -0.1) is 0 Å². The monoisotopic (exact) mass is 767 g/mol. The van der Waals surface area contributed by atoms with Gasteiger partial charge < -0.3 is 9.47 Å². The molecule has 12 rings (SSSR count). The molecule has 0 aliphatic rings. The first-order valence-electron chi connectivity index (χ1n) is 20.4. The SMILES string of the molecule is c1ccc(N(c2ccccc2)c2ccc(-n3c4ccccc4c4cc(-c5ccc6c(c5)c5ccccc5n6-c5nc6ccccc6n5-c5ccccc5)ccc43)cc2)cc1. The minimum Gasteiger partial charge on any atom is -0.311 e. The highest BCUT2D eigenvalue weighted by molar-refractivity contribution is 6.12. The number of rotatable bonds is 7. The zero-order chi connectivity index (χ0) is 39.6. The van der Waals surface area contributed by atoms with Crippen molar-refractivity contribution in [2.75, 3.05) is 4.90 Å². The molecule has 0 bridgehead atoms. The lowest BCUT2D eigenvalue weighted by Crippen LogP contribution is -2.09. The van der Waals surface area contributed by atoms with Crippen molar-refractivity contribution in [3.63, 3.8) is 0 Å². The van der Waals surface area contributed by atoms with Crippen LogP contribution in [0, 0.1) is 0 Å². The summed E-state index contributed by atoms with van der Waals surface area (Å²) in [4.78, 5) is 7.57. The molecule has 282 valence electrons. The van der Waals surface area contributed by atoms with Gasteiger partial charge in [0, 0.05) is 50.0 Å². The molecule has 9 aromatic carbocycles. The van der Waals surface area contributed by atoms with Crippen LogP contribution in [-0.4, -0.2) is 18.7 Å². The maximum absolute atomic E-state index is 5.26. The van der Waals surface area contributed by atoms with Gasteiger partial charge in [-0.05, 0) is 120 Å². The third kappa shape index (κ3) is 5.37. The van der Waals surface area contributed by atoms with Crippen molar-refractivity contribution in [1.82, 2.24) is 18.7 Å². The number of benzene rings is 9. The molecule has 5 nitrogen and oxygen atoms in total. The molecular weight excluding hydrogens is 731 g/mol. The Morgan fingerprint density at radius 3 is 1.33 bits per heavy atom. The van der Waals surface area contributed by atoms with E-state index in [1.807, 2.05) is 0 Å². The summed E-state index contributed by atoms with van der Waals surface area (Å²) in [5.74, 6) is 0.872. The third-order valence-electron chi connectivity index (χ3n) is 11.8. The number of hydrogen-bond acceptors (Lipinski definition) is 2. The van der Waals surface area contributed by atoms with Crippen LogP contribution in [0.5, 0.6) is 0 Å². The van der Waals surface area contributed by atoms with Crippen LogP contribution in [0.15, 0.2) is 224 Å². The Balaban J connectivity index is 0.982. The molecule has 0 saturated carbocycles. The lowest BCUT2D eigenvalue weighted by molar-refractivity contribution is 0.956. The quantitative estimate of drug-likeness (QED) is 0.162. The topological polar surface area (TPSA) is 30.9 Å². The first kappa shape index (κ1) is 33.9. The molecule has 0 atom stereocenters. The fourth-order valence-electron chi connectivity index (χ4n) is 9.15. The van der Waals surface area contributed by atoms with Crippen LogP contribution in [0.1, 0.15) is 0 Å². The summed E-state index contributed by atoms with van der Waals surface area (Å²) in [5, 5.41) is 4.84. The fraction of sp³-hybridized carbons (Fsp3) is 0. The van der Waals surface area contributed by atoms with Crippen LogP contribution < -0.4 is 4.90 Å². The molecule has 0 saturated heterocycles. The standard InChI is InChI=1S/C55H37N5/c1-4-16-40(17-5-1)57(41-18-6-2-7-19-41)43-30-32-44(33-31-43)58-50-25-13-10-22-45(50)47-36-38(28-34-52(47)58)39-29-35-53-48(37-39)46-23-11-14-26-51(46)60(53)55-56-49-24-12-15-27-54(49)59(55)42-20-8-3-9-21-42/h1-37H. The van der Waals surface area contributed by atoms with Gasteiger partial charge >= 0.3 is 0 Å². The Hall–Kier alpha value is -8.15. The predicted molar refractivity (Wildman–Crippen MR) is 250 cm³/mol. The molecule has 0 aliphatic carbocycles. The molecule has 0 spiro atoms. The third-order valence-corrected chi connectivity index (χ3v) is 11.8. The van der Waals surface area contributed by atoms with E-state index in [2.05, 4.69) is 243 Å². The normalized spacial score (nSPS) is 11.7. The lowest BCUT2D eigenvalue weighted by Gasteiger charge is -2.25. The van der Waals surface area contributed by atoms with E-state index < -0.39 is 0 Å². The van der Waals surface area contributed by atoms with Crippen molar-refractivity contribution in [3.05, 3.63) is 224 Å². The smallest absolute Gasteiger partial charge is 0.220 e. The zero-order valence-corrected chi connectivity index (χ0v) is 32.6. The number of nitrogens with zero attached hydrogens (tertiary/aromatic N) is 5. The Morgan fingerprint density at radius 1 is 0.300 bits per heavy atom. The minimum absolute atomic E-state index is 0.872. The molecule has 60 heavy (non-hydrogen) atoms. The van der Waals surface area contributed by atoms with Crippen LogP contribution in [0.2, 0.25) is 0 Å². The average molecular weight is 768 g/mol. The van der Waals surface area contributed by atoms with Gasteiger partial charge in [0.25, 0.3) is 0 Å². The molecule has 0 amide bonds. The van der Waals surface area contributed by atoms with E-state index in [1.165, 1.54) is 43.7 Å². The van der Waals surface area contributed by atoms with Crippen LogP contribution in [0.4, 0.5) is 17.1 Å². The average Bonchev–Trinajstić information content (AvgIpc) is 3.97. The number of anilines is 3. The first-order chi connectivity index (χ1) is 29.8. The number of fused-ring (bicyclic) bond motifs is 7. The second-order valence-electron chi connectivity index (χ2n) is 15.3. The van der Waals surface area contributed by atoms with Crippen molar-refractivity contribution in [3.8, 4) is 28.5 Å². The summed E-state index contributed by atoms with van der Waals surface area (Å²) >= 11 is 0. The molecule has 3 aromatic heterocycles. The van der Waals surface area contributed by atoms with Crippen molar-refractivity contribution in [2.45, 2.75) is 0 Å². The van der Waals surface area contributed by atoms with E-state index in [9.17, 15) is 0 Å². The van der Waals surface area contributed by atoms with Gasteiger partial charge in [-0.2, -0.15) is 0 Å². The van der Waals surface area contributed by atoms with E-state index in [-0.39, 0.29) is 0 Å². The van der Waals surface area contributed by atoms with Crippen molar-refractivity contribution in [1.29, 1.82) is 0 Å². The van der Waals surface area contributed by atoms with Crippen LogP contribution in [-0.2, 0) is 0 Å². The predicted octanol–water partition coefficient (Wildman–Crippen LogP) is 14.4. The van der Waals surface area contributed by atoms with Gasteiger partial charge in [0.15, 0.2) is 0 Å². The summed E-state index contributed by atoms with van der Waals surface area (Å²) < 4.78 is 6.99. The fourth-order valence-corrected chi connectivity index (χ4v) is 9.15. The molecule has 12 aromatic rings. The summed E-state index contributed by atoms with van der Waals surface area (Å²) in [6, 6.07) is 80.2. The van der Waals surface area contributed by atoms with E-state index in [4.69, 9.17) is 4.98 Å². The summed E-state index contributed by atoms with van der Waals surface area (Å²) in [7, 11) is 0. The van der Waals surface area contributed by atoms with Crippen molar-refractivity contribution in [2.24, 2.45) is 0 Å². The molecule has 5 heteroatoms. The second kappa shape index (κ2) is 13.8. The Kier molecular flexibility index (Phi) is 7.78. The van der Waals surface area contributed by atoms with Gasteiger partial charge in [-0.25, -0.2) is 4.98 Å². The first-order valence-corrected chi connectivity index (χ1v) is 20.4. The van der Waals surface area contributed by atoms with E-state index in [1.54, 1.807) is 0 Å². The maximum atomic E-state index is 5.26.